The predicted molar refractivity (Wildman–Crippen MR) is 132 cm³/mol. The van der Waals surface area contributed by atoms with E-state index < -0.39 is 0 Å². The Balaban J connectivity index is 1.65. The SMILES string of the molecule is Cc1cccc(-n2c(SCC(=O)Nc3ccccc3C)nnc2-c2ccc(Cl)cc2Cl)c1. The highest BCUT2D eigenvalue weighted by Crippen LogP contribution is 2.33. The molecule has 0 atom stereocenters. The van der Waals surface area contributed by atoms with E-state index in [1.165, 1.54) is 11.8 Å². The highest BCUT2D eigenvalue weighted by Gasteiger charge is 2.19. The molecule has 0 fully saturated rings. The number of hydrogen-bond donors (Lipinski definition) is 1. The molecule has 0 aliphatic rings. The van der Waals surface area contributed by atoms with Crippen molar-refractivity contribution in [2.24, 2.45) is 0 Å². The Morgan fingerprint density at radius 2 is 1.81 bits per heavy atom. The van der Waals surface area contributed by atoms with Gasteiger partial charge in [-0.1, -0.05) is 65.3 Å². The van der Waals surface area contributed by atoms with Crippen LogP contribution in [0.25, 0.3) is 17.1 Å². The minimum Gasteiger partial charge on any atom is -0.325 e. The first kappa shape index (κ1) is 22.4. The van der Waals surface area contributed by atoms with E-state index in [4.69, 9.17) is 23.2 Å². The number of nitrogens with zero attached hydrogens (tertiary/aromatic N) is 3. The highest BCUT2D eigenvalue weighted by molar-refractivity contribution is 7.99. The standard InChI is InChI=1S/C24H20Cl2N4OS/c1-15-6-5-8-18(12-15)30-23(19-11-10-17(25)13-20(19)26)28-29-24(30)32-14-22(31)27-21-9-4-3-7-16(21)2/h3-13H,14H2,1-2H3,(H,27,31). The molecule has 32 heavy (non-hydrogen) atoms. The van der Waals surface area contributed by atoms with Crippen molar-refractivity contribution in [3.8, 4) is 17.1 Å². The van der Waals surface area contributed by atoms with Crippen LogP contribution in [-0.4, -0.2) is 26.4 Å². The third kappa shape index (κ3) is 4.99. The van der Waals surface area contributed by atoms with Gasteiger partial charge in [-0.15, -0.1) is 10.2 Å². The van der Waals surface area contributed by atoms with Crippen molar-refractivity contribution in [2.45, 2.75) is 19.0 Å². The molecule has 4 rings (SSSR count). The van der Waals surface area contributed by atoms with Crippen LogP contribution < -0.4 is 5.32 Å². The van der Waals surface area contributed by atoms with E-state index in [2.05, 4.69) is 15.5 Å². The van der Waals surface area contributed by atoms with Crippen molar-refractivity contribution in [3.63, 3.8) is 0 Å². The highest BCUT2D eigenvalue weighted by atomic mass is 35.5. The summed E-state index contributed by atoms with van der Waals surface area (Å²) in [5.41, 5.74) is 4.50. The molecule has 5 nitrogen and oxygen atoms in total. The van der Waals surface area contributed by atoms with Gasteiger partial charge in [0.2, 0.25) is 5.91 Å². The zero-order valence-electron chi connectivity index (χ0n) is 17.5. The molecule has 0 bridgehead atoms. The Hall–Kier alpha value is -2.80. The molecule has 162 valence electrons. The van der Waals surface area contributed by atoms with E-state index >= 15 is 0 Å². The molecule has 1 N–H and O–H groups in total. The van der Waals surface area contributed by atoms with Gasteiger partial charge in [-0.3, -0.25) is 9.36 Å². The summed E-state index contributed by atoms with van der Waals surface area (Å²) in [7, 11) is 0. The molecule has 1 heterocycles. The summed E-state index contributed by atoms with van der Waals surface area (Å²) in [6.07, 6.45) is 0. The number of aryl methyl sites for hydroxylation is 2. The van der Waals surface area contributed by atoms with E-state index in [1.54, 1.807) is 12.1 Å². The van der Waals surface area contributed by atoms with Gasteiger partial charge in [0.15, 0.2) is 11.0 Å². The van der Waals surface area contributed by atoms with Gasteiger partial charge in [-0.05, 0) is 61.4 Å². The first-order valence-electron chi connectivity index (χ1n) is 9.88. The number of thioether (sulfide) groups is 1. The second-order valence-corrected chi connectivity index (χ2v) is 9.04. The molecule has 1 aromatic heterocycles. The number of anilines is 1. The number of para-hydroxylation sites is 1. The summed E-state index contributed by atoms with van der Waals surface area (Å²) in [6, 6.07) is 20.9. The Kier molecular flexibility index (Phi) is 6.84. The van der Waals surface area contributed by atoms with Crippen molar-refractivity contribution in [1.29, 1.82) is 0 Å². The molecule has 0 aliphatic heterocycles. The molecule has 0 spiro atoms. The molecule has 3 aromatic carbocycles. The van der Waals surface area contributed by atoms with E-state index in [0.717, 1.165) is 22.5 Å². The van der Waals surface area contributed by atoms with Crippen molar-refractivity contribution < 1.29 is 4.79 Å². The van der Waals surface area contributed by atoms with Crippen LogP contribution in [0.5, 0.6) is 0 Å². The Labute approximate surface area is 200 Å². The van der Waals surface area contributed by atoms with Gasteiger partial charge in [0.05, 0.1) is 10.8 Å². The average Bonchev–Trinajstić information content (AvgIpc) is 3.17. The van der Waals surface area contributed by atoms with Crippen LogP contribution in [0.3, 0.4) is 0 Å². The molecular formula is C24H20Cl2N4OS. The second-order valence-electron chi connectivity index (χ2n) is 7.26. The molecule has 0 radical (unpaired) electrons. The van der Waals surface area contributed by atoms with Crippen LogP contribution in [0, 0.1) is 13.8 Å². The number of carbonyl (C=O) groups excluding carboxylic acids is 1. The fraction of sp³-hybridized carbons (Fsp3) is 0.125. The van der Waals surface area contributed by atoms with E-state index in [9.17, 15) is 4.79 Å². The number of aromatic nitrogens is 3. The molecule has 8 heteroatoms. The third-order valence-corrected chi connectivity index (χ3v) is 6.29. The molecule has 0 unspecified atom stereocenters. The first-order valence-corrected chi connectivity index (χ1v) is 11.6. The van der Waals surface area contributed by atoms with E-state index in [0.29, 0.717) is 26.6 Å². The first-order chi connectivity index (χ1) is 15.4. The maximum absolute atomic E-state index is 12.6. The Morgan fingerprint density at radius 3 is 2.56 bits per heavy atom. The molecule has 0 aliphatic carbocycles. The van der Waals surface area contributed by atoms with Gasteiger partial charge in [-0.2, -0.15) is 0 Å². The van der Waals surface area contributed by atoms with Crippen LogP contribution in [0.2, 0.25) is 10.0 Å². The molecule has 1 amide bonds. The molecule has 0 saturated heterocycles. The van der Waals surface area contributed by atoms with Gasteiger partial charge in [0.1, 0.15) is 0 Å². The van der Waals surface area contributed by atoms with Crippen molar-refractivity contribution in [3.05, 3.63) is 87.9 Å². The third-order valence-electron chi connectivity index (χ3n) is 4.82. The normalized spacial score (nSPS) is 10.9. The summed E-state index contributed by atoms with van der Waals surface area (Å²) >= 11 is 13.8. The lowest BCUT2D eigenvalue weighted by atomic mass is 10.2. The Morgan fingerprint density at radius 1 is 1.00 bits per heavy atom. The smallest absolute Gasteiger partial charge is 0.234 e. The van der Waals surface area contributed by atoms with Gasteiger partial charge >= 0.3 is 0 Å². The second kappa shape index (κ2) is 9.77. The summed E-state index contributed by atoms with van der Waals surface area (Å²) < 4.78 is 1.91. The lowest BCUT2D eigenvalue weighted by Crippen LogP contribution is -2.15. The van der Waals surface area contributed by atoms with Crippen molar-refractivity contribution in [2.75, 3.05) is 11.1 Å². The maximum atomic E-state index is 12.6. The summed E-state index contributed by atoms with van der Waals surface area (Å²) in [4.78, 5) is 12.6. The van der Waals surface area contributed by atoms with Crippen LogP contribution in [0.15, 0.2) is 71.9 Å². The summed E-state index contributed by atoms with van der Waals surface area (Å²) in [5, 5.41) is 13.3. The van der Waals surface area contributed by atoms with Gasteiger partial charge in [-0.25, -0.2) is 0 Å². The molecular weight excluding hydrogens is 463 g/mol. The minimum atomic E-state index is -0.117. The van der Waals surface area contributed by atoms with E-state index in [-0.39, 0.29) is 11.7 Å². The monoisotopic (exact) mass is 482 g/mol. The quantitative estimate of drug-likeness (QED) is 0.315. The predicted octanol–water partition coefficient (Wildman–Crippen LogP) is 6.59. The van der Waals surface area contributed by atoms with Gasteiger partial charge in [0, 0.05) is 22.0 Å². The summed E-state index contributed by atoms with van der Waals surface area (Å²) in [5.74, 6) is 0.653. The lowest BCUT2D eigenvalue weighted by Gasteiger charge is -2.12. The van der Waals surface area contributed by atoms with Gasteiger partial charge in [0.25, 0.3) is 0 Å². The maximum Gasteiger partial charge on any atom is 0.234 e. The number of amides is 1. The zero-order chi connectivity index (χ0) is 22.7. The number of halogens is 2. The lowest BCUT2D eigenvalue weighted by molar-refractivity contribution is -0.113. The topological polar surface area (TPSA) is 59.8 Å². The largest absolute Gasteiger partial charge is 0.325 e. The van der Waals surface area contributed by atoms with E-state index in [1.807, 2.05) is 73.0 Å². The zero-order valence-corrected chi connectivity index (χ0v) is 19.8. The van der Waals surface area contributed by atoms with Crippen molar-refractivity contribution >= 4 is 46.6 Å². The average molecular weight is 483 g/mol. The van der Waals surface area contributed by atoms with Crippen LogP contribution in [-0.2, 0) is 4.79 Å². The molecule has 4 aromatic rings. The fourth-order valence-electron chi connectivity index (χ4n) is 3.24. The van der Waals surface area contributed by atoms with Crippen molar-refractivity contribution in [1.82, 2.24) is 14.8 Å². The number of carbonyl (C=O) groups is 1. The number of rotatable bonds is 6. The Bertz CT molecular complexity index is 1290. The van der Waals surface area contributed by atoms with Crippen LogP contribution in [0.1, 0.15) is 11.1 Å². The van der Waals surface area contributed by atoms with Gasteiger partial charge < -0.3 is 5.32 Å². The minimum absolute atomic E-state index is 0.117. The van der Waals surface area contributed by atoms with Crippen LogP contribution in [0.4, 0.5) is 5.69 Å². The molecule has 0 saturated carbocycles. The fourth-order valence-corrected chi connectivity index (χ4v) is 4.48. The number of hydrogen-bond acceptors (Lipinski definition) is 4. The number of nitrogens with one attached hydrogen (secondary N) is 1. The van der Waals surface area contributed by atoms with Crippen LogP contribution >= 0.6 is 35.0 Å². The number of benzene rings is 3. The summed E-state index contributed by atoms with van der Waals surface area (Å²) in [6.45, 7) is 3.98.